The molecule has 212 valence electrons. The van der Waals surface area contributed by atoms with Crippen LogP contribution in [0.4, 0.5) is 10.1 Å². The summed E-state index contributed by atoms with van der Waals surface area (Å²) in [6.07, 6.45) is 4.73. The number of ether oxygens (including phenoxy) is 1. The van der Waals surface area contributed by atoms with Crippen molar-refractivity contribution in [1.29, 1.82) is 0 Å². The number of halogens is 1. The van der Waals surface area contributed by atoms with Crippen molar-refractivity contribution in [3.63, 3.8) is 0 Å². The van der Waals surface area contributed by atoms with Gasteiger partial charge in [0.25, 0.3) is 11.8 Å². The van der Waals surface area contributed by atoms with E-state index < -0.39 is 5.82 Å². The quantitative estimate of drug-likeness (QED) is 0.399. The Hall–Kier alpha value is -3.78. The number of carbonyl (C=O) groups excluding carboxylic acids is 2. The molecule has 7 nitrogen and oxygen atoms in total. The normalized spacial score (nSPS) is 15.2. The topological polar surface area (TPSA) is 66.0 Å². The molecule has 0 atom stereocenters. The number of anilines is 1. The van der Waals surface area contributed by atoms with Gasteiger partial charge in [-0.1, -0.05) is 19.9 Å². The van der Waals surface area contributed by atoms with Crippen LogP contribution >= 0.6 is 0 Å². The lowest BCUT2D eigenvalue weighted by molar-refractivity contribution is 0.0732. The fourth-order valence-corrected chi connectivity index (χ4v) is 5.20. The van der Waals surface area contributed by atoms with Gasteiger partial charge in [0.15, 0.2) is 0 Å². The van der Waals surface area contributed by atoms with Crippen molar-refractivity contribution in [2.45, 2.75) is 40.2 Å². The summed E-state index contributed by atoms with van der Waals surface area (Å²) in [4.78, 5) is 37.6. The van der Waals surface area contributed by atoms with E-state index in [1.54, 1.807) is 58.6 Å². The van der Waals surface area contributed by atoms with Gasteiger partial charge in [0, 0.05) is 49.8 Å². The SMILES string of the molecule is CCOc1cccc(C(=O)N2CCCN(CC(C)C)CCCN(C(=O)c3cccnc3)c3ccc(F)cc3C2)c1. The molecule has 0 aliphatic carbocycles. The van der Waals surface area contributed by atoms with E-state index in [4.69, 9.17) is 4.74 Å². The minimum Gasteiger partial charge on any atom is -0.494 e. The Bertz CT molecular complexity index is 1280. The van der Waals surface area contributed by atoms with Gasteiger partial charge in [0.2, 0.25) is 0 Å². The number of aromatic nitrogens is 1. The molecule has 0 saturated carbocycles. The minimum absolute atomic E-state index is 0.158. The molecule has 2 aromatic carbocycles. The molecule has 8 heteroatoms. The van der Waals surface area contributed by atoms with Crippen molar-refractivity contribution in [2.24, 2.45) is 5.92 Å². The van der Waals surface area contributed by atoms with Gasteiger partial charge in [-0.15, -0.1) is 0 Å². The van der Waals surface area contributed by atoms with Crippen LogP contribution in [0.3, 0.4) is 0 Å². The number of pyridine rings is 1. The third-order valence-electron chi connectivity index (χ3n) is 6.91. The first-order valence-electron chi connectivity index (χ1n) is 14.1. The van der Waals surface area contributed by atoms with Crippen molar-refractivity contribution in [2.75, 3.05) is 44.2 Å². The van der Waals surface area contributed by atoms with Crippen molar-refractivity contribution in [1.82, 2.24) is 14.8 Å². The van der Waals surface area contributed by atoms with E-state index in [1.165, 1.54) is 12.1 Å². The molecule has 1 aliphatic heterocycles. The summed E-state index contributed by atoms with van der Waals surface area (Å²) >= 11 is 0. The molecule has 0 N–H and O–H groups in total. The Labute approximate surface area is 236 Å². The molecule has 3 aromatic rings. The Morgan fingerprint density at radius 3 is 2.45 bits per heavy atom. The van der Waals surface area contributed by atoms with E-state index in [-0.39, 0.29) is 18.4 Å². The van der Waals surface area contributed by atoms with Gasteiger partial charge in [-0.05, 0) is 92.9 Å². The maximum atomic E-state index is 14.6. The smallest absolute Gasteiger partial charge is 0.259 e. The first-order valence-corrected chi connectivity index (χ1v) is 14.1. The van der Waals surface area contributed by atoms with Gasteiger partial charge in [-0.3, -0.25) is 14.6 Å². The Kier molecular flexibility index (Phi) is 10.2. The van der Waals surface area contributed by atoms with E-state index in [0.717, 1.165) is 32.5 Å². The lowest BCUT2D eigenvalue weighted by Crippen LogP contribution is -2.39. The molecule has 2 amide bonds. The van der Waals surface area contributed by atoms with E-state index in [9.17, 15) is 14.0 Å². The third kappa shape index (κ3) is 7.66. The molecule has 0 radical (unpaired) electrons. The molecule has 0 saturated heterocycles. The van der Waals surface area contributed by atoms with Gasteiger partial charge in [0.05, 0.1) is 12.2 Å². The number of carbonyl (C=O) groups is 2. The van der Waals surface area contributed by atoms with E-state index in [2.05, 4.69) is 23.7 Å². The average Bonchev–Trinajstić information content (AvgIpc) is 2.94. The molecule has 0 bridgehead atoms. The first kappa shape index (κ1) is 29.2. The average molecular weight is 547 g/mol. The first-order chi connectivity index (χ1) is 19.4. The second kappa shape index (κ2) is 14.0. The Morgan fingerprint density at radius 1 is 0.950 bits per heavy atom. The molecule has 2 heterocycles. The van der Waals surface area contributed by atoms with Crippen LogP contribution in [0, 0.1) is 11.7 Å². The zero-order valence-electron chi connectivity index (χ0n) is 23.7. The molecule has 1 aliphatic rings. The summed E-state index contributed by atoms with van der Waals surface area (Å²) in [5, 5.41) is 0. The number of hydrogen-bond donors (Lipinski definition) is 0. The lowest BCUT2D eigenvalue weighted by Gasteiger charge is -2.32. The number of benzene rings is 2. The van der Waals surface area contributed by atoms with Crippen LogP contribution in [0.25, 0.3) is 0 Å². The number of amides is 2. The van der Waals surface area contributed by atoms with Crippen molar-refractivity contribution in [3.8, 4) is 5.75 Å². The summed E-state index contributed by atoms with van der Waals surface area (Å²) in [7, 11) is 0. The van der Waals surface area contributed by atoms with Crippen LogP contribution in [0.2, 0.25) is 0 Å². The maximum absolute atomic E-state index is 14.6. The Morgan fingerprint density at radius 2 is 1.73 bits per heavy atom. The van der Waals surface area contributed by atoms with Crippen LogP contribution in [0.1, 0.15) is 59.9 Å². The largest absolute Gasteiger partial charge is 0.494 e. The molecular weight excluding hydrogens is 507 g/mol. The van der Waals surface area contributed by atoms with E-state index >= 15 is 0 Å². The van der Waals surface area contributed by atoms with Crippen LogP contribution in [0.5, 0.6) is 5.75 Å². The molecule has 1 aromatic heterocycles. The fraction of sp³-hybridized carbons (Fsp3) is 0.406. The van der Waals surface area contributed by atoms with Gasteiger partial charge in [-0.2, -0.15) is 0 Å². The van der Waals surface area contributed by atoms with Gasteiger partial charge in [0.1, 0.15) is 11.6 Å². The van der Waals surface area contributed by atoms with Crippen molar-refractivity contribution in [3.05, 3.63) is 89.5 Å². The highest BCUT2D eigenvalue weighted by atomic mass is 19.1. The van der Waals surface area contributed by atoms with Crippen LogP contribution in [-0.2, 0) is 6.54 Å². The molecule has 40 heavy (non-hydrogen) atoms. The number of nitrogens with zero attached hydrogens (tertiary/aromatic N) is 4. The second-order valence-electron chi connectivity index (χ2n) is 10.6. The summed E-state index contributed by atoms with van der Waals surface area (Å²) in [6, 6.07) is 15.1. The number of rotatable bonds is 6. The summed E-state index contributed by atoms with van der Waals surface area (Å²) in [6.45, 7) is 10.5. The predicted molar refractivity (Wildman–Crippen MR) is 155 cm³/mol. The van der Waals surface area contributed by atoms with Crippen molar-refractivity contribution >= 4 is 17.5 Å². The standard InChI is InChI=1S/C32H39FN4O3/c1-4-40-29-11-5-9-25(20-29)31(38)36-17-7-15-35(22-24(2)3)16-8-18-37(32(39)26-10-6-14-34-21-26)30-13-12-28(33)19-27(30)23-36/h5-6,9-14,19-21,24H,4,7-8,15-18,22-23H2,1-3H3. The second-order valence-corrected chi connectivity index (χ2v) is 10.6. The van der Waals surface area contributed by atoms with Crippen molar-refractivity contribution < 1.29 is 18.7 Å². The van der Waals surface area contributed by atoms with Crippen LogP contribution in [-0.4, -0.2) is 65.9 Å². The monoisotopic (exact) mass is 546 g/mol. The predicted octanol–water partition coefficient (Wildman–Crippen LogP) is 5.66. The van der Waals surface area contributed by atoms with Crippen LogP contribution in [0.15, 0.2) is 67.0 Å². The third-order valence-corrected chi connectivity index (χ3v) is 6.91. The van der Waals surface area contributed by atoms with Crippen LogP contribution < -0.4 is 9.64 Å². The zero-order chi connectivity index (χ0) is 28.5. The van der Waals surface area contributed by atoms with E-state index in [1.807, 2.05) is 13.0 Å². The Balaban J connectivity index is 1.73. The highest BCUT2D eigenvalue weighted by molar-refractivity contribution is 6.06. The highest BCUT2D eigenvalue weighted by Crippen LogP contribution is 2.27. The molecular formula is C32H39FN4O3. The molecule has 4 rings (SSSR count). The van der Waals surface area contributed by atoms with Gasteiger partial charge < -0.3 is 19.4 Å². The fourth-order valence-electron chi connectivity index (χ4n) is 5.20. The summed E-state index contributed by atoms with van der Waals surface area (Å²) in [5.74, 6) is 0.354. The molecule has 0 fully saturated rings. The minimum atomic E-state index is -0.409. The maximum Gasteiger partial charge on any atom is 0.259 e. The highest BCUT2D eigenvalue weighted by Gasteiger charge is 2.25. The zero-order valence-corrected chi connectivity index (χ0v) is 23.7. The summed E-state index contributed by atoms with van der Waals surface area (Å²) in [5.41, 5.74) is 2.17. The lowest BCUT2D eigenvalue weighted by atomic mass is 10.1. The van der Waals surface area contributed by atoms with Gasteiger partial charge in [-0.25, -0.2) is 4.39 Å². The summed E-state index contributed by atoms with van der Waals surface area (Å²) < 4.78 is 20.3. The molecule has 0 spiro atoms. The molecule has 0 unspecified atom stereocenters. The number of fused-ring (bicyclic) bond motifs is 1. The number of hydrogen-bond acceptors (Lipinski definition) is 5. The van der Waals surface area contributed by atoms with E-state index in [0.29, 0.717) is 53.7 Å². The van der Waals surface area contributed by atoms with Gasteiger partial charge >= 0.3 is 0 Å².